The summed E-state index contributed by atoms with van der Waals surface area (Å²) in [6.07, 6.45) is 8.20. The van der Waals surface area contributed by atoms with Crippen molar-refractivity contribution in [3.63, 3.8) is 0 Å². The normalized spacial score (nSPS) is 28.4. The van der Waals surface area contributed by atoms with Crippen molar-refractivity contribution in [3.05, 3.63) is 34.6 Å². The summed E-state index contributed by atoms with van der Waals surface area (Å²) >= 11 is 1.49. The summed E-state index contributed by atoms with van der Waals surface area (Å²) < 4.78 is 3.73. The summed E-state index contributed by atoms with van der Waals surface area (Å²) in [7, 11) is 0. The maximum atomic E-state index is 13.6. The number of thioether (sulfide) groups is 1. The lowest BCUT2D eigenvalue weighted by Crippen LogP contribution is -2.50. The lowest BCUT2D eigenvalue weighted by Gasteiger charge is -2.56. The molecular formula is C26H32N4O2S. The summed E-state index contributed by atoms with van der Waals surface area (Å²) in [6, 6.07) is 7.66. The van der Waals surface area contributed by atoms with Gasteiger partial charge in [0.1, 0.15) is 5.78 Å². The van der Waals surface area contributed by atoms with Gasteiger partial charge in [-0.3, -0.25) is 18.6 Å². The lowest BCUT2D eigenvalue weighted by molar-refractivity contribution is -0.141. The molecule has 2 heterocycles. The predicted octanol–water partition coefficient (Wildman–Crippen LogP) is 4.97. The number of hydrogen-bond acceptors (Lipinski definition) is 5. The molecule has 33 heavy (non-hydrogen) atoms. The average molecular weight is 465 g/mol. The summed E-state index contributed by atoms with van der Waals surface area (Å²) in [5.41, 5.74) is 0.698. The van der Waals surface area contributed by atoms with Crippen LogP contribution < -0.4 is 5.56 Å². The van der Waals surface area contributed by atoms with E-state index in [4.69, 9.17) is 0 Å². The monoisotopic (exact) mass is 464 g/mol. The highest BCUT2D eigenvalue weighted by atomic mass is 32.2. The molecule has 174 valence electrons. The molecule has 0 spiro atoms. The van der Waals surface area contributed by atoms with E-state index in [1.165, 1.54) is 31.0 Å². The highest BCUT2D eigenvalue weighted by Gasteiger charge is 2.54. The molecule has 1 aromatic carbocycles. The quantitative estimate of drug-likeness (QED) is 0.462. The van der Waals surface area contributed by atoms with Crippen LogP contribution in [0.3, 0.4) is 0 Å². The molecule has 0 unspecified atom stereocenters. The molecule has 0 aliphatic heterocycles. The molecule has 3 aromatic rings. The molecule has 0 saturated heterocycles. The van der Waals surface area contributed by atoms with Gasteiger partial charge in [-0.2, -0.15) is 0 Å². The van der Waals surface area contributed by atoms with Crippen molar-refractivity contribution in [2.45, 2.75) is 70.5 Å². The molecule has 4 bridgehead atoms. The molecule has 4 fully saturated rings. The van der Waals surface area contributed by atoms with Crippen LogP contribution in [0.25, 0.3) is 16.7 Å². The fraction of sp³-hybridized carbons (Fsp3) is 0.615. The first kappa shape index (κ1) is 21.4. The van der Waals surface area contributed by atoms with Gasteiger partial charge in [0, 0.05) is 12.0 Å². The average Bonchev–Trinajstić information content (AvgIpc) is 3.20. The molecule has 4 saturated carbocycles. The minimum absolute atomic E-state index is 0.0210. The number of ketones is 1. The first-order valence-electron chi connectivity index (χ1n) is 12.5. The third kappa shape index (κ3) is 3.54. The molecule has 4 aliphatic carbocycles. The van der Waals surface area contributed by atoms with E-state index < -0.39 is 0 Å². The van der Waals surface area contributed by atoms with Crippen molar-refractivity contribution in [3.8, 4) is 0 Å². The maximum absolute atomic E-state index is 13.6. The Bertz CT molecular complexity index is 1260. The summed E-state index contributed by atoms with van der Waals surface area (Å²) in [4.78, 5) is 26.8. The number of para-hydroxylation sites is 1. The van der Waals surface area contributed by atoms with E-state index in [1.54, 1.807) is 4.57 Å². The van der Waals surface area contributed by atoms with Gasteiger partial charge in [0.25, 0.3) is 5.56 Å². The standard InChI is InChI=1S/C26H32N4O2S/c1-16(2)7-8-29-23(32)20-5-3-4-6-21(20)30-24(29)27-28-25(30)33-15-22(31)26-12-17-9-18(13-26)11-19(10-17)14-26/h3-6,16-19H,7-15H2,1-2H3. The van der Waals surface area contributed by atoms with Crippen molar-refractivity contribution in [2.75, 3.05) is 5.75 Å². The molecular weight excluding hydrogens is 432 g/mol. The number of rotatable bonds is 7. The fourth-order valence-electron chi connectivity index (χ4n) is 7.15. The summed E-state index contributed by atoms with van der Waals surface area (Å²) in [5, 5.41) is 10.3. The smallest absolute Gasteiger partial charge is 0.262 e. The molecule has 2 aromatic heterocycles. The minimum atomic E-state index is -0.0936. The fourth-order valence-corrected chi connectivity index (χ4v) is 8.13. The third-order valence-corrected chi connectivity index (χ3v) is 9.30. The van der Waals surface area contributed by atoms with Crippen molar-refractivity contribution >= 4 is 34.2 Å². The van der Waals surface area contributed by atoms with Gasteiger partial charge in [-0.25, -0.2) is 0 Å². The lowest BCUT2D eigenvalue weighted by atomic mass is 9.48. The molecule has 7 rings (SSSR count). The number of carbonyl (C=O) groups excluding carboxylic acids is 1. The largest absolute Gasteiger partial charge is 0.298 e. The zero-order chi connectivity index (χ0) is 22.7. The third-order valence-electron chi connectivity index (χ3n) is 8.37. The number of fused-ring (bicyclic) bond motifs is 3. The summed E-state index contributed by atoms with van der Waals surface area (Å²) in [5.74, 6) is 4.19. The van der Waals surface area contributed by atoms with E-state index in [0.29, 0.717) is 40.3 Å². The number of aromatic nitrogens is 4. The maximum Gasteiger partial charge on any atom is 0.262 e. The Kier molecular flexibility index (Phi) is 5.16. The molecule has 0 amide bonds. The Hall–Kier alpha value is -2.15. The van der Waals surface area contributed by atoms with Crippen LogP contribution >= 0.6 is 11.8 Å². The van der Waals surface area contributed by atoms with Gasteiger partial charge in [0.05, 0.1) is 16.7 Å². The van der Waals surface area contributed by atoms with Crippen molar-refractivity contribution < 1.29 is 4.79 Å². The zero-order valence-electron chi connectivity index (χ0n) is 19.5. The van der Waals surface area contributed by atoms with Crippen LogP contribution in [0.1, 0.15) is 58.8 Å². The predicted molar refractivity (Wildman–Crippen MR) is 131 cm³/mol. The first-order chi connectivity index (χ1) is 15.9. The Morgan fingerprint density at radius 1 is 1.09 bits per heavy atom. The Balaban J connectivity index is 1.33. The van der Waals surface area contributed by atoms with Gasteiger partial charge in [-0.15, -0.1) is 10.2 Å². The van der Waals surface area contributed by atoms with Crippen LogP contribution in [-0.2, 0) is 11.3 Å². The second kappa shape index (κ2) is 7.97. The Morgan fingerprint density at radius 2 is 1.76 bits per heavy atom. The molecule has 0 radical (unpaired) electrons. The van der Waals surface area contributed by atoms with E-state index >= 15 is 0 Å². The number of benzene rings is 1. The highest BCUT2D eigenvalue weighted by molar-refractivity contribution is 7.99. The Labute approximate surface area is 198 Å². The second-order valence-corrected chi connectivity index (χ2v) is 12.1. The van der Waals surface area contributed by atoms with Crippen LogP contribution in [0.2, 0.25) is 0 Å². The number of Topliss-reactive ketones (excluding diaryl/α,β-unsaturated/α-hetero) is 1. The zero-order valence-corrected chi connectivity index (χ0v) is 20.3. The highest BCUT2D eigenvalue weighted by Crippen LogP contribution is 2.60. The molecule has 0 N–H and O–H groups in total. The SMILES string of the molecule is CC(C)CCn1c(=O)c2ccccc2n2c(SCC(=O)C34CC5CC(CC(C5)C3)C4)nnc12. The van der Waals surface area contributed by atoms with Crippen LogP contribution in [0.5, 0.6) is 0 Å². The van der Waals surface area contributed by atoms with E-state index in [-0.39, 0.29) is 11.0 Å². The van der Waals surface area contributed by atoms with Gasteiger partial charge in [0.15, 0.2) is 5.16 Å². The van der Waals surface area contributed by atoms with Gasteiger partial charge in [-0.05, 0) is 80.8 Å². The number of hydrogen-bond donors (Lipinski definition) is 0. The topological polar surface area (TPSA) is 69.3 Å². The molecule has 4 aliphatic rings. The number of aryl methyl sites for hydroxylation is 1. The van der Waals surface area contributed by atoms with E-state index in [0.717, 1.165) is 49.0 Å². The number of carbonyl (C=O) groups is 1. The minimum Gasteiger partial charge on any atom is -0.298 e. The van der Waals surface area contributed by atoms with E-state index in [2.05, 4.69) is 24.0 Å². The van der Waals surface area contributed by atoms with E-state index in [9.17, 15) is 9.59 Å². The second-order valence-electron chi connectivity index (χ2n) is 11.2. The number of nitrogens with zero attached hydrogens (tertiary/aromatic N) is 4. The van der Waals surface area contributed by atoms with Gasteiger partial charge >= 0.3 is 0 Å². The van der Waals surface area contributed by atoms with Crippen molar-refractivity contribution in [1.82, 2.24) is 19.2 Å². The van der Waals surface area contributed by atoms with E-state index in [1.807, 2.05) is 28.7 Å². The first-order valence-corrected chi connectivity index (χ1v) is 13.4. The van der Waals surface area contributed by atoms with Gasteiger partial charge in [0.2, 0.25) is 5.78 Å². The van der Waals surface area contributed by atoms with Crippen molar-refractivity contribution in [1.29, 1.82) is 0 Å². The van der Waals surface area contributed by atoms with Crippen LogP contribution in [0.4, 0.5) is 0 Å². The van der Waals surface area contributed by atoms with Crippen LogP contribution in [0.15, 0.2) is 34.2 Å². The van der Waals surface area contributed by atoms with Gasteiger partial charge in [-0.1, -0.05) is 37.7 Å². The van der Waals surface area contributed by atoms with Crippen LogP contribution in [-0.4, -0.2) is 30.7 Å². The molecule has 7 heteroatoms. The Morgan fingerprint density at radius 3 is 2.42 bits per heavy atom. The molecule has 6 nitrogen and oxygen atoms in total. The summed E-state index contributed by atoms with van der Waals surface area (Å²) in [6.45, 7) is 4.93. The van der Waals surface area contributed by atoms with Crippen molar-refractivity contribution in [2.24, 2.45) is 29.1 Å². The van der Waals surface area contributed by atoms with Crippen LogP contribution in [0, 0.1) is 29.1 Å². The molecule has 0 atom stereocenters. The van der Waals surface area contributed by atoms with Gasteiger partial charge < -0.3 is 0 Å².